The van der Waals surface area contributed by atoms with Crippen LogP contribution in [0.4, 0.5) is 0 Å². The summed E-state index contributed by atoms with van der Waals surface area (Å²) in [6.07, 6.45) is 1.79. The van der Waals surface area contributed by atoms with Crippen LogP contribution in [-0.2, 0) is 25.5 Å². The molecule has 1 aromatic heterocycles. The highest BCUT2D eigenvalue weighted by Gasteiger charge is 2.48. The van der Waals surface area contributed by atoms with E-state index in [0.29, 0.717) is 0 Å². The van der Waals surface area contributed by atoms with E-state index in [2.05, 4.69) is 17.6 Å². The number of carbonyl (C=O) groups is 2. The summed E-state index contributed by atoms with van der Waals surface area (Å²) >= 11 is 0. The number of allylic oxidation sites excluding steroid dienone is 1. The standard InChI is InChI=1S/C24H25NO4/c1-5-13-24(22(26)28-3,23(27)29-4)15-19-18-14-16(2)11-12-20(18)25-21(19)17-9-7-6-8-10-17/h5-12,14,25H,1,13,15H2,2-4H3. The number of carbonyl (C=O) groups excluding carboxylic acids is 2. The Morgan fingerprint density at radius 1 is 1.07 bits per heavy atom. The maximum absolute atomic E-state index is 12.8. The van der Waals surface area contributed by atoms with Crippen LogP contribution >= 0.6 is 0 Å². The van der Waals surface area contributed by atoms with Gasteiger partial charge in [0.2, 0.25) is 0 Å². The predicted octanol–water partition coefficient (Wildman–Crippen LogP) is 4.59. The second kappa shape index (κ2) is 8.35. The van der Waals surface area contributed by atoms with E-state index >= 15 is 0 Å². The molecule has 0 fully saturated rings. The minimum atomic E-state index is -1.51. The van der Waals surface area contributed by atoms with Crippen LogP contribution < -0.4 is 0 Å². The van der Waals surface area contributed by atoms with E-state index in [4.69, 9.17) is 9.47 Å². The molecule has 0 spiro atoms. The number of aromatic nitrogens is 1. The molecular weight excluding hydrogens is 366 g/mol. The zero-order chi connectivity index (χ0) is 21.0. The molecule has 3 aromatic rings. The summed E-state index contributed by atoms with van der Waals surface area (Å²) in [5, 5.41) is 0.963. The van der Waals surface area contributed by atoms with Crippen LogP contribution in [0.2, 0.25) is 0 Å². The topological polar surface area (TPSA) is 68.4 Å². The van der Waals surface area contributed by atoms with Crippen LogP contribution in [0.5, 0.6) is 0 Å². The Morgan fingerprint density at radius 2 is 1.72 bits per heavy atom. The molecule has 0 saturated carbocycles. The number of esters is 2. The Morgan fingerprint density at radius 3 is 2.31 bits per heavy atom. The molecule has 0 bridgehead atoms. The van der Waals surface area contributed by atoms with E-state index in [9.17, 15) is 9.59 Å². The van der Waals surface area contributed by atoms with Crippen LogP contribution in [0.15, 0.2) is 61.2 Å². The average Bonchev–Trinajstić information content (AvgIpc) is 3.10. The molecule has 5 nitrogen and oxygen atoms in total. The second-order valence-corrected chi connectivity index (χ2v) is 7.13. The molecule has 1 N–H and O–H groups in total. The maximum Gasteiger partial charge on any atom is 0.323 e. The number of hydrogen-bond donors (Lipinski definition) is 1. The first-order valence-corrected chi connectivity index (χ1v) is 9.41. The molecule has 1 heterocycles. The summed E-state index contributed by atoms with van der Waals surface area (Å²) in [5.41, 5.74) is 3.22. The summed E-state index contributed by atoms with van der Waals surface area (Å²) in [6, 6.07) is 15.9. The van der Waals surface area contributed by atoms with Crippen molar-refractivity contribution in [2.75, 3.05) is 14.2 Å². The molecule has 5 heteroatoms. The van der Waals surface area contributed by atoms with Crippen LogP contribution in [0.3, 0.4) is 0 Å². The van der Waals surface area contributed by atoms with E-state index in [1.165, 1.54) is 14.2 Å². The Hall–Kier alpha value is -3.34. The number of ether oxygens (including phenoxy) is 2. The number of fused-ring (bicyclic) bond motifs is 1. The Bertz CT molecular complexity index is 1030. The lowest BCUT2D eigenvalue weighted by molar-refractivity contribution is -0.168. The van der Waals surface area contributed by atoms with Gasteiger partial charge >= 0.3 is 11.9 Å². The summed E-state index contributed by atoms with van der Waals surface area (Å²) in [4.78, 5) is 29.1. The molecule has 0 saturated heterocycles. The number of H-pyrrole nitrogens is 1. The fraction of sp³-hybridized carbons (Fsp3) is 0.250. The number of methoxy groups -OCH3 is 2. The largest absolute Gasteiger partial charge is 0.468 e. The third kappa shape index (κ3) is 3.68. The fourth-order valence-corrected chi connectivity index (χ4v) is 3.80. The monoisotopic (exact) mass is 391 g/mol. The van der Waals surface area contributed by atoms with Crippen molar-refractivity contribution in [3.63, 3.8) is 0 Å². The van der Waals surface area contributed by atoms with Crippen molar-refractivity contribution < 1.29 is 19.1 Å². The number of benzene rings is 2. The highest BCUT2D eigenvalue weighted by molar-refractivity contribution is 6.02. The van der Waals surface area contributed by atoms with E-state index in [1.807, 2.05) is 49.4 Å². The van der Waals surface area contributed by atoms with Crippen molar-refractivity contribution in [1.82, 2.24) is 4.98 Å². The van der Waals surface area contributed by atoms with Gasteiger partial charge in [-0.15, -0.1) is 6.58 Å². The van der Waals surface area contributed by atoms with E-state index in [1.54, 1.807) is 6.08 Å². The first kappa shape index (κ1) is 20.4. The van der Waals surface area contributed by atoms with Gasteiger partial charge in [-0.05, 0) is 36.6 Å². The van der Waals surface area contributed by atoms with Gasteiger partial charge in [0.15, 0.2) is 5.41 Å². The van der Waals surface area contributed by atoms with Crippen molar-refractivity contribution in [2.45, 2.75) is 19.8 Å². The smallest absolute Gasteiger partial charge is 0.323 e. The van der Waals surface area contributed by atoms with E-state index in [-0.39, 0.29) is 12.8 Å². The molecule has 0 radical (unpaired) electrons. The average molecular weight is 391 g/mol. The van der Waals surface area contributed by atoms with Crippen molar-refractivity contribution in [2.24, 2.45) is 5.41 Å². The SMILES string of the molecule is C=CCC(Cc1c(-c2ccccc2)[nH]c2ccc(C)cc12)(C(=O)OC)C(=O)OC. The first-order valence-electron chi connectivity index (χ1n) is 9.41. The van der Waals surface area contributed by atoms with Crippen LogP contribution in [-0.4, -0.2) is 31.1 Å². The molecule has 3 rings (SSSR count). The predicted molar refractivity (Wildman–Crippen MR) is 113 cm³/mol. The minimum Gasteiger partial charge on any atom is -0.468 e. The molecule has 2 aromatic carbocycles. The van der Waals surface area contributed by atoms with E-state index in [0.717, 1.165) is 33.3 Å². The van der Waals surface area contributed by atoms with Gasteiger partial charge in [-0.25, -0.2) is 0 Å². The molecular formula is C24H25NO4. The summed E-state index contributed by atoms with van der Waals surface area (Å²) in [7, 11) is 2.56. The molecule has 150 valence electrons. The second-order valence-electron chi connectivity index (χ2n) is 7.13. The van der Waals surface area contributed by atoms with Crippen molar-refractivity contribution >= 4 is 22.8 Å². The van der Waals surface area contributed by atoms with Gasteiger partial charge < -0.3 is 14.5 Å². The van der Waals surface area contributed by atoms with Gasteiger partial charge in [0.05, 0.1) is 14.2 Å². The van der Waals surface area contributed by atoms with Crippen molar-refractivity contribution in [1.29, 1.82) is 0 Å². The molecule has 29 heavy (non-hydrogen) atoms. The van der Waals surface area contributed by atoms with Gasteiger partial charge in [-0.2, -0.15) is 0 Å². The minimum absolute atomic E-state index is 0.110. The van der Waals surface area contributed by atoms with Crippen molar-refractivity contribution in [3.05, 3.63) is 72.3 Å². The third-order valence-electron chi connectivity index (χ3n) is 5.25. The molecule has 0 aliphatic heterocycles. The summed E-state index contributed by atoms with van der Waals surface area (Å²) < 4.78 is 10.0. The van der Waals surface area contributed by atoms with Gasteiger partial charge in [-0.1, -0.05) is 48.0 Å². The van der Waals surface area contributed by atoms with E-state index < -0.39 is 17.4 Å². The third-order valence-corrected chi connectivity index (χ3v) is 5.25. The van der Waals surface area contributed by atoms with Gasteiger partial charge in [0.25, 0.3) is 0 Å². The molecule has 0 amide bonds. The normalized spacial score (nSPS) is 11.3. The van der Waals surface area contributed by atoms with Crippen LogP contribution in [0.1, 0.15) is 17.5 Å². The summed E-state index contributed by atoms with van der Waals surface area (Å²) in [6.45, 7) is 5.75. The van der Waals surface area contributed by atoms with Crippen LogP contribution in [0, 0.1) is 12.3 Å². The summed E-state index contributed by atoms with van der Waals surface area (Å²) in [5.74, 6) is -1.27. The molecule has 0 aliphatic carbocycles. The number of hydrogen-bond acceptors (Lipinski definition) is 4. The lowest BCUT2D eigenvalue weighted by Crippen LogP contribution is -2.43. The van der Waals surface area contributed by atoms with Crippen molar-refractivity contribution in [3.8, 4) is 11.3 Å². The quantitative estimate of drug-likeness (QED) is 0.363. The Kier molecular flexibility index (Phi) is 5.87. The van der Waals surface area contributed by atoms with Gasteiger partial charge in [0.1, 0.15) is 0 Å². The zero-order valence-electron chi connectivity index (χ0n) is 17.0. The number of nitrogens with one attached hydrogen (secondary N) is 1. The molecule has 0 atom stereocenters. The lowest BCUT2D eigenvalue weighted by Gasteiger charge is -2.27. The highest BCUT2D eigenvalue weighted by atomic mass is 16.5. The number of aromatic amines is 1. The van der Waals surface area contributed by atoms with Gasteiger partial charge in [0, 0.05) is 23.0 Å². The molecule has 0 aliphatic rings. The number of rotatable bonds is 7. The fourth-order valence-electron chi connectivity index (χ4n) is 3.80. The Labute approximate surface area is 170 Å². The zero-order valence-corrected chi connectivity index (χ0v) is 17.0. The first-order chi connectivity index (χ1) is 14.0. The maximum atomic E-state index is 12.8. The van der Waals surface area contributed by atoms with Crippen LogP contribution in [0.25, 0.3) is 22.2 Å². The lowest BCUT2D eigenvalue weighted by atomic mass is 9.77. The Balaban J connectivity index is 2.28. The highest BCUT2D eigenvalue weighted by Crippen LogP contribution is 2.39. The van der Waals surface area contributed by atoms with Gasteiger partial charge in [-0.3, -0.25) is 9.59 Å². The molecule has 0 unspecified atom stereocenters. The number of aryl methyl sites for hydroxylation is 1.